The molecule has 1 fully saturated rings. The molecule has 0 atom stereocenters. The van der Waals surface area contributed by atoms with Crippen LogP contribution in [0, 0.1) is 0 Å². The summed E-state index contributed by atoms with van der Waals surface area (Å²) in [6.07, 6.45) is 0.999. The van der Waals surface area contributed by atoms with Crippen LogP contribution in [-0.2, 0) is 17.8 Å². The van der Waals surface area contributed by atoms with E-state index in [0.29, 0.717) is 17.3 Å². The van der Waals surface area contributed by atoms with Gasteiger partial charge in [0.2, 0.25) is 5.91 Å². The molecule has 5 nitrogen and oxygen atoms in total. The molecular weight excluding hydrogens is 356 g/mol. The van der Waals surface area contributed by atoms with E-state index in [1.165, 1.54) is 5.01 Å². The van der Waals surface area contributed by atoms with Gasteiger partial charge in [0, 0.05) is 38.1 Å². The molecule has 134 valence electrons. The number of halogens is 1. The lowest BCUT2D eigenvalue weighted by atomic mass is 10.3. The van der Waals surface area contributed by atoms with Crippen LogP contribution in [0.25, 0.3) is 0 Å². The summed E-state index contributed by atoms with van der Waals surface area (Å²) in [6, 6.07) is 7.31. The van der Waals surface area contributed by atoms with Gasteiger partial charge in [0.1, 0.15) is 0 Å². The fraction of sp³-hybridized carbons (Fsp3) is 0.444. The summed E-state index contributed by atoms with van der Waals surface area (Å²) in [4.78, 5) is 21.4. The van der Waals surface area contributed by atoms with E-state index in [-0.39, 0.29) is 5.91 Å². The van der Waals surface area contributed by atoms with E-state index in [9.17, 15) is 4.79 Å². The van der Waals surface area contributed by atoms with E-state index in [1.54, 1.807) is 17.4 Å². The number of carbonyl (C=O) groups excluding carboxylic acids is 1. The molecule has 0 radical (unpaired) electrons. The average Bonchev–Trinajstić information content (AvgIpc) is 3.06. The predicted octanol–water partition coefficient (Wildman–Crippen LogP) is 3.12. The van der Waals surface area contributed by atoms with Crippen LogP contribution in [-0.4, -0.2) is 53.4 Å². The van der Waals surface area contributed by atoms with Crippen molar-refractivity contribution in [2.24, 2.45) is 0 Å². The standard InChI is InChI=1S/C18H23ClN4OS/c1-2-18-20-14(13-25-18)11-22-7-9-23(10-8-22)12-17(24)21-16-6-4-3-5-15(16)19/h3-6,13H,2,7-12H2,1H3,(H,21,24). The summed E-state index contributed by atoms with van der Waals surface area (Å²) >= 11 is 7.82. The molecule has 0 unspecified atom stereocenters. The Morgan fingerprint density at radius 2 is 1.96 bits per heavy atom. The van der Waals surface area contributed by atoms with Gasteiger partial charge < -0.3 is 5.32 Å². The molecule has 1 aromatic carbocycles. The zero-order valence-electron chi connectivity index (χ0n) is 14.4. The average molecular weight is 379 g/mol. The number of anilines is 1. The molecule has 25 heavy (non-hydrogen) atoms. The number of aromatic nitrogens is 1. The van der Waals surface area contributed by atoms with Crippen LogP contribution in [0.5, 0.6) is 0 Å². The molecular formula is C18H23ClN4OS. The lowest BCUT2D eigenvalue weighted by molar-refractivity contribution is -0.117. The van der Waals surface area contributed by atoms with Gasteiger partial charge in [-0.25, -0.2) is 4.98 Å². The summed E-state index contributed by atoms with van der Waals surface area (Å²) in [5.41, 5.74) is 1.83. The first kappa shape index (κ1) is 18.3. The first-order valence-corrected chi connectivity index (χ1v) is 9.82. The van der Waals surface area contributed by atoms with Gasteiger partial charge >= 0.3 is 0 Å². The highest BCUT2D eigenvalue weighted by molar-refractivity contribution is 7.09. The maximum Gasteiger partial charge on any atom is 0.238 e. The maximum absolute atomic E-state index is 12.2. The molecule has 1 aliphatic heterocycles. The van der Waals surface area contributed by atoms with Crippen molar-refractivity contribution in [2.75, 3.05) is 38.0 Å². The number of carbonyl (C=O) groups is 1. The third-order valence-electron chi connectivity index (χ3n) is 4.27. The summed E-state index contributed by atoms with van der Waals surface area (Å²) in [5.74, 6) is -0.0198. The van der Waals surface area contributed by atoms with Crippen molar-refractivity contribution in [3.63, 3.8) is 0 Å². The van der Waals surface area contributed by atoms with Gasteiger partial charge in [0.05, 0.1) is 28.0 Å². The second-order valence-electron chi connectivity index (χ2n) is 6.17. The van der Waals surface area contributed by atoms with E-state index in [1.807, 2.05) is 18.2 Å². The number of hydrogen-bond acceptors (Lipinski definition) is 5. The first-order chi connectivity index (χ1) is 12.1. The summed E-state index contributed by atoms with van der Waals surface area (Å²) in [7, 11) is 0. The van der Waals surface area contributed by atoms with Crippen LogP contribution in [0.2, 0.25) is 5.02 Å². The molecule has 3 rings (SSSR count). The van der Waals surface area contributed by atoms with Crippen LogP contribution in [0.4, 0.5) is 5.69 Å². The largest absolute Gasteiger partial charge is 0.324 e. The Morgan fingerprint density at radius 3 is 2.64 bits per heavy atom. The number of para-hydroxylation sites is 1. The normalized spacial score (nSPS) is 16.1. The molecule has 0 saturated carbocycles. The number of benzene rings is 1. The SMILES string of the molecule is CCc1nc(CN2CCN(CC(=O)Nc3ccccc3Cl)CC2)cs1. The quantitative estimate of drug-likeness (QED) is 0.839. The third-order valence-corrected chi connectivity index (χ3v) is 5.64. The van der Waals surface area contributed by atoms with E-state index >= 15 is 0 Å². The minimum atomic E-state index is -0.0198. The molecule has 0 bridgehead atoms. The molecule has 2 heterocycles. The molecule has 2 aromatic rings. The summed E-state index contributed by atoms with van der Waals surface area (Å²) < 4.78 is 0. The van der Waals surface area contributed by atoms with Gasteiger partial charge in [-0.3, -0.25) is 14.6 Å². The lowest BCUT2D eigenvalue weighted by Gasteiger charge is -2.33. The van der Waals surface area contributed by atoms with Crippen molar-refractivity contribution in [3.05, 3.63) is 45.4 Å². The number of piperazine rings is 1. The van der Waals surface area contributed by atoms with Crippen LogP contribution in [0.3, 0.4) is 0 Å². The molecule has 1 N–H and O–H groups in total. The Morgan fingerprint density at radius 1 is 1.24 bits per heavy atom. The smallest absolute Gasteiger partial charge is 0.238 e. The number of amides is 1. The molecule has 0 spiro atoms. The number of rotatable bonds is 6. The Bertz CT molecular complexity index is 713. The molecule has 1 aromatic heterocycles. The Balaban J connectivity index is 1.43. The van der Waals surface area contributed by atoms with Crippen LogP contribution < -0.4 is 5.32 Å². The Hall–Kier alpha value is -1.47. The van der Waals surface area contributed by atoms with Crippen molar-refractivity contribution < 1.29 is 4.79 Å². The highest BCUT2D eigenvalue weighted by Crippen LogP contribution is 2.20. The molecule has 0 aliphatic carbocycles. The van der Waals surface area contributed by atoms with Gasteiger partial charge in [0.25, 0.3) is 0 Å². The second kappa shape index (κ2) is 8.76. The van der Waals surface area contributed by atoms with Crippen molar-refractivity contribution >= 4 is 34.5 Å². The van der Waals surface area contributed by atoms with Gasteiger partial charge in [-0.15, -0.1) is 11.3 Å². The number of aryl methyl sites for hydroxylation is 1. The molecule has 1 amide bonds. The lowest BCUT2D eigenvalue weighted by Crippen LogP contribution is -2.48. The van der Waals surface area contributed by atoms with Gasteiger partial charge in [0.15, 0.2) is 0 Å². The zero-order chi connectivity index (χ0) is 17.6. The van der Waals surface area contributed by atoms with E-state index in [4.69, 9.17) is 11.6 Å². The molecule has 1 aliphatic rings. The van der Waals surface area contributed by atoms with Gasteiger partial charge in [-0.1, -0.05) is 30.7 Å². The van der Waals surface area contributed by atoms with E-state index in [0.717, 1.165) is 44.8 Å². The predicted molar refractivity (Wildman–Crippen MR) is 103 cm³/mol. The van der Waals surface area contributed by atoms with Crippen molar-refractivity contribution in [2.45, 2.75) is 19.9 Å². The number of nitrogens with one attached hydrogen (secondary N) is 1. The molecule has 1 saturated heterocycles. The fourth-order valence-electron chi connectivity index (χ4n) is 2.87. The van der Waals surface area contributed by atoms with Crippen molar-refractivity contribution in [3.8, 4) is 0 Å². The monoisotopic (exact) mass is 378 g/mol. The summed E-state index contributed by atoms with van der Waals surface area (Å²) in [5, 5.41) is 6.80. The fourth-order valence-corrected chi connectivity index (χ4v) is 3.79. The topological polar surface area (TPSA) is 48.5 Å². The summed E-state index contributed by atoms with van der Waals surface area (Å²) in [6.45, 7) is 7.12. The second-order valence-corrected chi connectivity index (χ2v) is 7.52. The van der Waals surface area contributed by atoms with Crippen molar-refractivity contribution in [1.82, 2.24) is 14.8 Å². The Labute approximate surface area is 157 Å². The number of thiazole rings is 1. The minimum Gasteiger partial charge on any atom is -0.324 e. The first-order valence-electron chi connectivity index (χ1n) is 8.56. The zero-order valence-corrected chi connectivity index (χ0v) is 15.9. The van der Waals surface area contributed by atoms with Crippen molar-refractivity contribution in [1.29, 1.82) is 0 Å². The van der Waals surface area contributed by atoms with Crippen LogP contribution in [0.15, 0.2) is 29.6 Å². The minimum absolute atomic E-state index is 0.0198. The Kier molecular flexibility index (Phi) is 6.42. The van der Waals surface area contributed by atoms with Crippen LogP contribution >= 0.6 is 22.9 Å². The highest BCUT2D eigenvalue weighted by Gasteiger charge is 2.20. The van der Waals surface area contributed by atoms with Crippen LogP contribution in [0.1, 0.15) is 17.6 Å². The van der Waals surface area contributed by atoms with Gasteiger partial charge in [-0.05, 0) is 18.6 Å². The van der Waals surface area contributed by atoms with E-state index in [2.05, 4.69) is 32.4 Å². The van der Waals surface area contributed by atoms with E-state index < -0.39 is 0 Å². The highest BCUT2D eigenvalue weighted by atomic mass is 35.5. The number of hydrogen-bond donors (Lipinski definition) is 1. The van der Waals surface area contributed by atoms with Gasteiger partial charge in [-0.2, -0.15) is 0 Å². The maximum atomic E-state index is 12.2. The third kappa shape index (κ3) is 5.25. The number of nitrogens with zero attached hydrogens (tertiary/aromatic N) is 3. The molecule has 7 heteroatoms.